The molecule has 4 nitrogen and oxygen atoms in total. The quantitative estimate of drug-likeness (QED) is 0.877. The highest BCUT2D eigenvalue weighted by molar-refractivity contribution is 5.80. The van der Waals surface area contributed by atoms with Gasteiger partial charge in [0.05, 0.1) is 0 Å². The van der Waals surface area contributed by atoms with Crippen molar-refractivity contribution < 1.29 is 4.79 Å². The van der Waals surface area contributed by atoms with Crippen molar-refractivity contribution in [3.8, 4) is 0 Å². The van der Waals surface area contributed by atoms with Crippen LogP contribution in [0.3, 0.4) is 0 Å². The van der Waals surface area contributed by atoms with E-state index in [-0.39, 0.29) is 11.5 Å². The largest absolute Gasteiger partial charge is 0.356 e. The molecule has 0 saturated heterocycles. The molecular formula is C16H20N2O2. The predicted octanol–water partition coefficient (Wildman–Crippen LogP) is 2.30. The Bertz CT molecular complexity index is 674. The average molecular weight is 272 g/mol. The maximum atomic E-state index is 11.6. The molecule has 4 heteroatoms. The van der Waals surface area contributed by atoms with Crippen molar-refractivity contribution in [1.29, 1.82) is 0 Å². The lowest BCUT2D eigenvalue weighted by Crippen LogP contribution is -2.24. The summed E-state index contributed by atoms with van der Waals surface area (Å²) in [7, 11) is 0. The lowest BCUT2D eigenvalue weighted by Gasteiger charge is -2.05. The van der Waals surface area contributed by atoms with E-state index in [9.17, 15) is 9.59 Å². The fraction of sp³-hybridized carbons (Fsp3) is 0.375. The van der Waals surface area contributed by atoms with Gasteiger partial charge in [0.25, 0.3) is 5.56 Å². The van der Waals surface area contributed by atoms with Crippen molar-refractivity contribution in [3.05, 3.63) is 45.7 Å². The number of hydrogen-bond donors (Lipinski definition) is 2. The molecule has 1 aromatic carbocycles. The molecule has 2 N–H and O–H groups in total. The first-order valence-corrected chi connectivity index (χ1v) is 6.99. The van der Waals surface area contributed by atoms with Gasteiger partial charge in [0.1, 0.15) is 0 Å². The maximum Gasteiger partial charge on any atom is 0.251 e. The fourth-order valence-corrected chi connectivity index (χ4v) is 2.12. The van der Waals surface area contributed by atoms with Gasteiger partial charge in [0.2, 0.25) is 5.91 Å². The minimum absolute atomic E-state index is 0.0599. The number of carbonyl (C=O) groups excluding carboxylic acids is 1. The molecule has 20 heavy (non-hydrogen) atoms. The van der Waals surface area contributed by atoms with Crippen LogP contribution < -0.4 is 10.9 Å². The van der Waals surface area contributed by atoms with E-state index < -0.39 is 0 Å². The van der Waals surface area contributed by atoms with Gasteiger partial charge in [-0.3, -0.25) is 9.59 Å². The standard InChI is InChI=1S/C16H20N2O2/c1-3-8-17-15(19)7-5-12-4-6-13-9-11(2)16(20)18-14(13)10-12/h4,6,9-10H,3,5,7-8H2,1-2H3,(H,17,19)(H,18,20). The Morgan fingerprint density at radius 1 is 1.30 bits per heavy atom. The minimum Gasteiger partial charge on any atom is -0.356 e. The van der Waals surface area contributed by atoms with Crippen molar-refractivity contribution in [3.63, 3.8) is 0 Å². The van der Waals surface area contributed by atoms with Gasteiger partial charge >= 0.3 is 0 Å². The molecule has 0 radical (unpaired) electrons. The molecule has 0 saturated carbocycles. The number of amides is 1. The molecule has 0 fully saturated rings. The number of aromatic amines is 1. The summed E-state index contributed by atoms with van der Waals surface area (Å²) in [6.07, 6.45) is 2.10. The highest BCUT2D eigenvalue weighted by atomic mass is 16.1. The van der Waals surface area contributed by atoms with E-state index in [4.69, 9.17) is 0 Å². The number of benzene rings is 1. The van der Waals surface area contributed by atoms with Gasteiger partial charge < -0.3 is 10.3 Å². The van der Waals surface area contributed by atoms with Crippen LogP contribution in [0.4, 0.5) is 0 Å². The third-order valence-corrected chi connectivity index (χ3v) is 3.31. The molecule has 1 heterocycles. The molecule has 0 unspecified atom stereocenters. The van der Waals surface area contributed by atoms with Crippen LogP contribution in [0, 0.1) is 6.92 Å². The Balaban J connectivity index is 2.10. The van der Waals surface area contributed by atoms with E-state index in [2.05, 4.69) is 10.3 Å². The second kappa shape index (κ2) is 6.37. The molecule has 0 bridgehead atoms. The first kappa shape index (κ1) is 14.3. The second-order valence-corrected chi connectivity index (χ2v) is 5.05. The smallest absolute Gasteiger partial charge is 0.251 e. The topological polar surface area (TPSA) is 62.0 Å². The van der Waals surface area contributed by atoms with E-state index in [0.717, 1.165) is 29.4 Å². The van der Waals surface area contributed by atoms with Gasteiger partial charge in [-0.15, -0.1) is 0 Å². The van der Waals surface area contributed by atoms with Crippen molar-refractivity contribution in [2.75, 3.05) is 6.54 Å². The lowest BCUT2D eigenvalue weighted by molar-refractivity contribution is -0.121. The second-order valence-electron chi connectivity index (χ2n) is 5.05. The fourth-order valence-electron chi connectivity index (χ4n) is 2.12. The van der Waals surface area contributed by atoms with E-state index >= 15 is 0 Å². The Morgan fingerprint density at radius 3 is 2.85 bits per heavy atom. The molecule has 106 valence electrons. The number of nitrogens with one attached hydrogen (secondary N) is 2. The Morgan fingerprint density at radius 2 is 2.10 bits per heavy atom. The van der Waals surface area contributed by atoms with E-state index in [0.29, 0.717) is 18.4 Å². The van der Waals surface area contributed by atoms with Crippen LogP contribution in [0.15, 0.2) is 29.1 Å². The van der Waals surface area contributed by atoms with Gasteiger partial charge in [-0.05, 0) is 42.8 Å². The molecule has 0 atom stereocenters. The summed E-state index contributed by atoms with van der Waals surface area (Å²) in [4.78, 5) is 26.0. The van der Waals surface area contributed by atoms with Crippen LogP contribution in [-0.4, -0.2) is 17.4 Å². The normalized spacial score (nSPS) is 10.7. The van der Waals surface area contributed by atoms with Crippen LogP contribution in [0.25, 0.3) is 10.9 Å². The first-order valence-electron chi connectivity index (χ1n) is 6.99. The molecule has 0 spiro atoms. The van der Waals surface area contributed by atoms with Crippen LogP contribution in [0.1, 0.15) is 30.9 Å². The van der Waals surface area contributed by atoms with E-state index in [1.807, 2.05) is 31.2 Å². The zero-order valence-corrected chi connectivity index (χ0v) is 12.0. The summed E-state index contributed by atoms with van der Waals surface area (Å²) < 4.78 is 0. The lowest BCUT2D eigenvalue weighted by atomic mass is 10.1. The van der Waals surface area contributed by atoms with Crippen molar-refractivity contribution in [2.24, 2.45) is 0 Å². The average Bonchev–Trinajstić information content (AvgIpc) is 2.44. The zero-order chi connectivity index (χ0) is 14.5. The number of H-pyrrole nitrogens is 1. The van der Waals surface area contributed by atoms with Crippen molar-refractivity contribution >= 4 is 16.8 Å². The van der Waals surface area contributed by atoms with Crippen molar-refractivity contribution in [2.45, 2.75) is 33.1 Å². The number of fused-ring (bicyclic) bond motifs is 1. The minimum atomic E-state index is -0.0599. The number of carbonyl (C=O) groups is 1. The SMILES string of the molecule is CCCNC(=O)CCc1ccc2cc(C)c(=O)[nH]c2c1. The Labute approximate surface area is 118 Å². The number of rotatable bonds is 5. The third kappa shape index (κ3) is 3.47. The summed E-state index contributed by atoms with van der Waals surface area (Å²) in [6.45, 7) is 4.55. The molecule has 0 aliphatic heterocycles. The molecule has 1 amide bonds. The monoisotopic (exact) mass is 272 g/mol. The van der Waals surface area contributed by atoms with Crippen LogP contribution in [0.2, 0.25) is 0 Å². The summed E-state index contributed by atoms with van der Waals surface area (Å²) >= 11 is 0. The molecular weight excluding hydrogens is 252 g/mol. The van der Waals surface area contributed by atoms with Crippen LogP contribution >= 0.6 is 0 Å². The predicted molar refractivity (Wildman–Crippen MR) is 80.9 cm³/mol. The number of pyridine rings is 1. The molecule has 2 rings (SSSR count). The molecule has 2 aromatic rings. The first-order chi connectivity index (χ1) is 9.60. The number of aromatic nitrogens is 1. The van der Waals surface area contributed by atoms with Gasteiger partial charge in [-0.2, -0.15) is 0 Å². The Kier molecular flexibility index (Phi) is 4.56. The van der Waals surface area contributed by atoms with Crippen LogP contribution in [-0.2, 0) is 11.2 Å². The van der Waals surface area contributed by atoms with E-state index in [1.165, 1.54) is 0 Å². The van der Waals surface area contributed by atoms with Gasteiger partial charge in [-0.25, -0.2) is 0 Å². The Hall–Kier alpha value is -2.10. The van der Waals surface area contributed by atoms with Crippen LogP contribution in [0.5, 0.6) is 0 Å². The maximum absolute atomic E-state index is 11.6. The molecule has 1 aromatic heterocycles. The van der Waals surface area contributed by atoms with Gasteiger partial charge in [0.15, 0.2) is 0 Å². The number of aryl methyl sites for hydroxylation is 2. The summed E-state index contributed by atoms with van der Waals surface area (Å²) in [5, 5.41) is 3.87. The summed E-state index contributed by atoms with van der Waals surface area (Å²) in [6, 6.07) is 7.82. The third-order valence-electron chi connectivity index (χ3n) is 3.31. The van der Waals surface area contributed by atoms with Crippen molar-refractivity contribution in [1.82, 2.24) is 10.3 Å². The highest BCUT2D eigenvalue weighted by Crippen LogP contribution is 2.14. The van der Waals surface area contributed by atoms with E-state index in [1.54, 1.807) is 6.92 Å². The summed E-state index contributed by atoms with van der Waals surface area (Å²) in [5.74, 6) is 0.0735. The summed E-state index contributed by atoms with van der Waals surface area (Å²) in [5.41, 5.74) is 2.54. The van der Waals surface area contributed by atoms with Gasteiger partial charge in [-0.1, -0.05) is 19.1 Å². The molecule has 0 aliphatic carbocycles. The molecule has 0 aliphatic rings. The zero-order valence-electron chi connectivity index (χ0n) is 12.0. The number of hydrogen-bond acceptors (Lipinski definition) is 2. The van der Waals surface area contributed by atoms with Gasteiger partial charge in [0, 0.05) is 24.0 Å². The highest BCUT2D eigenvalue weighted by Gasteiger charge is 2.04.